The van der Waals surface area contributed by atoms with Crippen LogP contribution in [0, 0.1) is 11.8 Å². The fraction of sp³-hybridized carbons (Fsp3) is 0.881. The maximum Gasteiger partial charge on any atom is 0.308 e. The zero-order valence-corrected chi connectivity index (χ0v) is 32.2. The summed E-state index contributed by atoms with van der Waals surface area (Å²) in [4.78, 5) is 14.0. The molecule has 0 aromatic rings. The summed E-state index contributed by atoms with van der Waals surface area (Å²) in [6.45, 7) is 13.1. The molecule has 0 saturated carbocycles. The number of aliphatic hydroxyl groups excluding tert-OH is 2. The molecule has 0 radical (unpaired) electrons. The number of carbonyl (C=O) groups excluding carboxylic acids is 1. The van der Waals surface area contributed by atoms with E-state index in [1.54, 1.807) is 0 Å². The lowest BCUT2D eigenvalue weighted by Gasteiger charge is -2.51. The number of hydrogen-bond donors (Lipinski definition) is 2. The molecule has 12 bridgehead atoms. The number of rotatable bonds is 2. The van der Waals surface area contributed by atoms with Crippen LogP contribution in [-0.4, -0.2) is 138 Å². The molecule has 11 aliphatic heterocycles. The second-order valence-electron chi connectivity index (χ2n) is 18.5. The highest BCUT2D eigenvalue weighted by atomic mass is 16.8. The Bertz CT molecular complexity index is 1490. The van der Waals surface area contributed by atoms with E-state index in [9.17, 15) is 15.0 Å². The molecule has 0 aromatic carbocycles. The van der Waals surface area contributed by atoms with Gasteiger partial charge in [-0.3, -0.25) is 4.79 Å². The van der Waals surface area contributed by atoms with Crippen LogP contribution < -0.4 is 0 Å². The van der Waals surface area contributed by atoms with Gasteiger partial charge in [-0.05, 0) is 68.4 Å². The zero-order valence-electron chi connectivity index (χ0n) is 32.2. The van der Waals surface area contributed by atoms with Gasteiger partial charge in [0.25, 0.3) is 0 Å². The number of aliphatic hydroxyl groups is 2. The molecule has 13 heteroatoms. The van der Waals surface area contributed by atoms with Gasteiger partial charge in [-0.25, -0.2) is 0 Å². The van der Waals surface area contributed by atoms with Gasteiger partial charge in [-0.2, -0.15) is 0 Å². The lowest BCUT2D eigenvalue weighted by molar-refractivity contribution is -0.293. The van der Waals surface area contributed by atoms with Crippen molar-refractivity contribution in [1.82, 2.24) is 0 Å². The Balaban J connectivity index is 0.934. The van der Waals surface area contributed by atoms with Gasteiger partial charge in [0.2, 0.25) is 0 Å². The summed E-state index contributed by atoms with van der Waals surface area (Å²) in [6.07, 6.45) is 2.38. The molecule has 11 aliphatic rings. The highest BCUT2D eigenvalue weighted by Crippen LogP contribution is 2.54. The smallest absolute Gasteiger partial charge is 0.308 e. The van der Waals surface area contributed by atoms with Gasteiger partial charge < -0.3 is 57.6 Å². The molecule has 0 aromatic heterocycles. The van der Waals surface area contributed by atoms with E-state index in [0.29, 0.717) is 38.5 Å². The molecule has 11 rings (SSSR count). The average Bonchev–Trinajstić information content (AvgIpc) is 3.74. The van der Waals surface area contributed by atoms with Crippen molar-refractivity contribution < 1.29 is 62.4 Å². The molecule has 1 spiro atoms. The monoisotopic (exact) mass is 772 g/mol. The first-order valence-electron chi connectivity index (χ1n) is 21.3. The standard InChI is InChI=1S/C42H60O13/c1-19-13-23-5-7-27-20(2)14-25(46-27)9-11-42-18-33-38(54-42)39-40(52-33)41(55-42)37-29(51-39)8-6-24(48-37)15-34(45)53-36-22(4)35-31(16-26(44)28(50-35)10-12-43)49-32(36)17-30(47-23)21(19)3/h19,22-33,35-41,43-44H,2-3,5-18H2,1,4H3/t19-,22+,23?,24-,25+,26-,27+,28-,29+,30?,31+,32?,33?,35+,36-,37+,38+,39+,40-,41+,42+/m1/s1. The maximum absolute atomic E-state index is 14.0. The Labute approximate surface area is 323 Å². The molecule has 0 aliphatic carbocycles. The minimum atomic E-state index is -0.808. The molecule has 11 heterocycles. The van der Waals surface area contributed by atoms with Crippen molar-refractivity contribution >= 4 is 5.97 Å². The molecule has 11 fully saturated rings. The number of esters is 1. The van der Waals surface area contributed by atoms with Gasteiger partial charge >= 0.3 is 5.97 Å². The van der Waals surface area contributed by atoms with E-state index in [1.807, 2.05) is 6.92 Å². The van der Waals surface area contributed by atoms with E-state index in [4.69, 9.17) is 47.4 Å². The lowest BCUT2D eigenvalue weighted by Crippen LogP contribution is -2.62. The van der Waals surface area contributed by atoms with Crippen molar-refractivity contribution in [1.29, 1.82) is 0 Å². The topological polar surface area (TPSA) is 150 Å². The van der Waals surface area contributed by atoms with Crippen LogP contribution in [0.25, 0.3) is 0 Å². The zero-order chi connectivity index (χ0) is 37.7. The fourth-order valence-corrected chi connectivity index (χ4v) is 11.9. The Morgan fingerprint density at radius 2 is 1.42 bits per heavy atom. The lowest BCUT2D eigenvalue weighted by atomic mass is 9.79. The quantitative estimate of drug-likeness (QED) is 0.312. The summed E-state index contributed by atoms with van der Waals surface area (Å²) in [7, 11) is 0. The SMILES string of the molecule is C=C1C2CC3O[C@H]4C[C@@H](O)[C@@H](CCO)O[C@H]4[C@H](C)[C@H]3OC(=O)C[C@H]3CC[C@@H]4O[C@@H]5[C@H]6OC7C[C@](CC[C@H]8CC(=C)[C@H](CCC(C[C@H]1C)O2)O8)(O[C@H]6[C@H]4O3)O[C@@H]75. The summed E-state index contributed by atoms with van der Waals surface area (Å²) < 4.78 is 66.9. The average molecular weight is 773 g/mol. The normalized spacial score (nSPS) is 54.9. The van der Waals surface area contributed by atoms with Gasteiger partial charge in [0.05, 0.1) is 79.7 Å². The molecule has 21 atom stereocenters. The molecule has 13 nitrogen and oxygen atoms in total. The Hall–Kier alpha value is -1.49. The fourth-order valence-electron chi connectivity index (χ4n) is 11.9. The van der Waals surface area contributed by atoms with Crippen LogP contribution in [0.3, 0.4) is 0 Å². The number of fused-ring (bicyclic) bond motifs is 7. The molecule has 306 valence electrons. The third kappa shape index (κ3) is 6.79. The predicted molar refractivity (Wildman–Crippen MR) is 193 cm³/mol. The molecular formula is C42H60O13. The number of carbonyl (C=O) groups is 1. The third-order valence-corrected chi connectivity index (χ3v) is 14.8. The largest absolute Gasteiger partial charge is 0.459 e. The Kier molecular flexibility index (Phi) is 10.1. The van der Waals surface area contributed by atoms with Crippen molar-refractivity contribution in [2.75, 3.05) is 6.61 Å². The predicted octanol–water partition coefficient (Wildman–Crippen LogP) is 3.59. The van der Waals surface area contributed by atoms with E-state index in [1.165, 1.54) is 0 Å². The van der Waals surface area contributed by atoms with Crippen LogP contribution in [0.4, 0.5) is 0 Å². The Morgan fingerprint density at radius 1 is 0.673 bits per heavy atom. The summed E-state index contributed by atoms with van der Waals surface area (Å²) >= 11 is 0. The molecule has 2 N–H and O–H groups in total. The van der Waals surface area contributed by atoms with Crippen molar-refractivity contribution in [3.63, 3.8) is 0 Å². The maximum atomic E-state index is 14.0. The molecular weight excluding hydrogens is 712 g/mol. The van der Waals surface area contributed by atoms with E-state index in [2.05, 4.69) is 20.1 Å². The van der Waals surface area contributed by atoms with Crippen molar-refractivity contribution in [2.24, 2.45) is 11.8 Å². The van der Waals surface area contributed by atoms with Crippen LogP contribution >= 0.6 is 0 Å². The first kappa shape index (κ1) is 37.8. The summed E-state index contributed by atoms with van der Waals surface area (Å²) in [6, 6.07) is 0. The van der Waals surface area contributed by atoms with Crippen LogP contribution in [0.2, 0.25) is 0 Å². The van der Waals surface area contributed by atoms with Crippen molar-refractivity contribution in [3.05, 3.63) is 24.3 Å². The molecule has 55 heavy (non-hydrogen) atoms. The van der Waals surface area contributed by atoms with Gasteiger partial charge in [0.15, 0.2) is 5.79 Å². The summed E-state index contributed by atoms with van der Waals surface area (Å²) in [5.41, 5.74) is 2.14. The van der Waals surface area contributed by atoms with Gasteiger partial charge in [-0.1, -0.05) is 27.0 Å². The molecule has 0 amide bonds. The van der Waals surface area contributed by atoms with E-state index in [0.717, 1.165) is 49.7 Å². The minimum Gasteiger partial charge on any atom is -0.459 e. The summed E-state index contributed by atoms with van der Waals surface area (Å²) in [5, 5.41) is 20.6. The first-order valence-corrected chi connectivity index (χ1v) is 21.3. The Morgan fingerprint density at radius 3 is 2.27 bits per heavy atom. The first-order chi connectivity index (χ1) is 26.5. The second-order valence-corrected chi connectivity index (χ2v) is 18.5. The minimum absolute atomic E-state index is 0.00281. The van der Waals surface area contributed by atoms with Gasteiger partial charge in [-0.15, -0.1) is 0 Å². The molecule has 4 unspecified atom stereocenters. The van der Waals surface area contributed by atoms with E-state index >= 15 is 0 Å². The summed E-state index contributed by atoms with van der Waals surface area (Å²) in [5.74, 6) is -1.18. The second kappa shape index (κ2) is 14.7. The number of ether oxygens (including phenoxy) is 10. The third-order valence-electron chi connectivity index (χ3n) is 14.8. The van der Waals surface area contributed by atoms with Gasteiger partial charge in [0.1, 0.15) is 36.6 Å². The van der Waals surface area contributed by atoms with E-state index < -0.39 is 48.5 Å². The van der Waals surface area contributed by atoms with E-state index in [-0.39, 0.29) is 98.0 Å². The number of hydrogen-bond acceptors (Lipinski definition) is 13. The van der Waals surface area contributed by atoms with Gasteiger partial charge in [0, 0.05) is 38.2 Å². The highest BCUT2D eigenvalue weighted by Gasteiger charge is 2.69. The van der Waals surface area contributed by atoms with Crippen LogP contribution in [0.5, 0.6) is 0 Å². The molecule has 11 saturated heterocycles. The highest BCUT2D eigenvalue weighted by molar-refractivity contribution is 5.70. The van der Waals surface area contributed by atoms with Crippen LogP contribution in [-0.2, 0) is 52.2 Å². The van der Waals surface area contributed by atoms with Crippen molar-refractivity contribution in [3.8, 4) is 0 Å². The van der Waals surface area contributed by atoms with Crippen LogP contribution in [0.15, 0.2) is 24.3 Å². The van der Waals surface area contributed by atoms with Crippen LogP contribution in [0.1, 0.15) is 97.3 Å². The van der Waals surface area contributed by atoms with Crippen molar-refractivity contribution in [2.45, 2.75) is 213 Å².